The Hall–Kier alpha value is -1.91. The largest absolute Gasteiger partial charge is 0.352 e. The van der Waals surface area contributed by atoms with E-state index in [2.05, 4.69) is 27.6 Å². The maximum Gasteiger partial charge on any atom is 0.312 e. The fourth-order valence-electron chi connectivity index (χ4n) is 0.426. The molecule has 1 rings (SSSR count). The second-order valence-corrected chi connectivity index (χ2v) is 1.94. The van der Waals surface area contributed by atoms with Crippen LogP contribution in [-0.4, -0.2) is 22.5 Å². The van der Waals surface area contributed by atoms with Gasteiger partial charge in [0.1, 0.15) is 6.33 Å². The van der Waals surface area contributed by atoms with Gasteiger partial charge in [-0.15, -0.1) is 6.58 Å². The summed E-state index contributed by atoms with van der Waals surface area (Å²) in [6, 6.07) is 1.26. The number of aromatic nitrogens is 2. The maximum atomic E-state index is 9.82. The smallest absolute Gasteiger partial charge is 0.312 e. The molecule has 0 aliphatic heterocycles. The lowest BCUT2D eigenvalue weighted by molar-refractivity contribution is 0.250. The van der Waals surface area contributed by atoms with Crippen molar-refractivity contribution < 1.29 is 4.79 Å². The van der Waals surface area contributed by atoms with Crippen LogP contribution in [0.4, 0.5) is 4.79 Å². The van der Waals surface area contributed by atoms with E-state index in [-0.39, 0.29) is 0 Å². The third-order valence-electron chi connectivity index (χ3n) is 0.898. The molecule has 0 saturated heterocycles. The van der Waals surface area contributed by atoms with Crippen molar-refractivity contribution in [3.63, 3.8) is 0 Å². The van der Waals surface area contributed by atoms with Crippen LogP contribution in [0.1, 0.15) is 0 Å². The minimum absolute atomic E-state index is 0.440. The number of nitrogens with zero attached hydrogens (tertiary/aromatic N) is 2. The quantitative estimate of drug-likeness (QED) is 0.643. The van der Waals surface area contributed by atoms with Crippen molar-refractivity contribution >= 4 is 6.03 Å². The van der Waals surface area contributed by atoms with Gasteiger partial charge in [-0.05, 0) is 6.07 Å². The van der Waals surface area contributed by atoms with Crippen LogP contribution in [0.5, 0.6) is 0 Å². The van der Waals surface area contributed by atoms with E-state index >= 15 is 0 Å². The zero-order valence-electron chi connectivity index (χ0n) is 7.18. The van der Waals surface area contributed by atoms with Crippen LogP contribution in [0.2, 0.25) is 0 Å². The molecule has 0 atom stereocenters. The Morgan fingerprint density at radius 3 is 2.31 bits per heavy atom. The van der Waals surface area contributed by atoms with E-state index < -0.39 is 6.03 Å². The molecule has 0 radical (unpaired) electrons. The molecule has 0 aliphatic carbocycles. The van der Waals surface area contributed by atoms with Crippen LogP contribution in [0.15, 0.2) is 37.4 Å². The van der Waals surface area contributed by atoms with Crippen molar-refractivity contribution in [2.75, 3.05) is 6.54 Å². The van der Waals surface area contributed by atoms with E-state index in [1.54, 1.807) is 24.5 Å². The highest BCUT2D eigenvalue weighted by Crippen LogP contribution is 1.66. The van der Waals surface area contributed by atoms with Crippen LogP contribution >= 0.6 is 0 Å². The summed E-state index contributed by atoms with van der Waals surface area (Å²) in [5, 5.41) is 2.32. The Kier molecular flexibility index (Phi) is 6.99. The number of carbonyl (C=O) groups excluding carboxylic acids is 1. The molecule has 0 aliphatic rings. The number of nitrogens with one attached hydrogen (secondary N) is 1. The van der Waals surface area contributed by atoms with Gasteiger partial charge < -0.3 is 11.1 Å². The Balaban J connectivity index is 0.000000223. The molecule has 0 fully saturated rings. The number of urea groups is 1. The minimum atomic E-state index is -0.514. The minimum Gasteiger partial charge on any atom is -0.352 e. The molecule has 5 heteroatoms. The topological polar surface area (TPSA) is 80.9 Å². The van der Waals surface area contributed by atoms with E-state index in [4.69, 9.17) is 0 Å². The fraction of sp³-hybridized carbons (Fsp3) is 0.125. The molecular formula is C8H12N4O. The van der Waals surface area contributed by atoms with Gasteiger partial charge in [0.25, 0.3) is 0 Å². The van der Waals surface area contributed by atoms with E-state index in [1.807, 2.05) is 0 Å². The Morgan fingerprint density at radius 1 is 1.54 bits per heavy atom. The summed E-state index contributed by atoms with van der Waals surface area (Å²) < 4.78 is 0. The first-order valence-electron chi connectivity index (χ1n) is 3.61. The van der Waals surface area contributed by atoms with Gasteiger partial charge in [0.05, 0.1) is 0 Å². The number of nitrogens with two attached hydrogens (primary N) is 1. The summed E-state index contributed by atoms with van der Waals surface area (Å²) in [5.41, 5.74) is 4.68. The maximum absolute atomic E-state index is 9.82. The molecule has 1 aromatic heterocycles. The lowest BCUT2D eigenvalue weighted by Crippen LogP contribution is -2.28. The number of amides is 2. The zero-order chi connectivity index (χ0) is 9.94. The van der Waals surface area contributed by atoms with Crippen LogP contribution in [-0.2, 0) is 0 Å². The Morgan fingerprint density at radius 2 is 2.15 bits per heavy atom. The van der Waals surface area contributed by atoms with Crippen LogP contribution in [0.3, 0.4) is 0 Å². The summed E-state index contributed by atoms with van der Waals surface area (Å²) in [6.45, 7) is 3.80. The van der Waals surface area contributed by atoms with Crippen LogP contribution in [0, 0.1) is 0 Å². The van der Waals surface area contributed by atoms with Gasteiger partial charge in [0.15, 0.2) is 0 Å². The average molecular weight is 180 g/mol. The molecule has 3 N–H and O–H groups in total. The summed E-state index contributed by atoms with van der Waals surface area (Å²) in [5.74, 6) is 0. The van der Waals surface area contributed by atoms with Crippen molar-refractivity contribution in [2.45, 2.75) is 0 Å². The zero-order valence-corrected chi connectivity index (χ0v) is 7.18. The van der Waals surface area contributed by atoms with Gasteiger partial charge in [-0.1, -0.05) is 6.08 Å². The van der Waals surface area contributed by atoms with Crippen LogP contribution < -0.4 is 11.1 Å². The first-order chi connectivity index (χ1) is 6.27. The van der Waals surface area contributed by atoms with E-state index in [0.717, 1.165) is 0 Å². The average Bonchev–Trinajstić information content (AvgIpc) is 2.18. The Bertz CT molecular complexity index is 210. The highest BCUT2D eigenvalue weighted by atomic mass is 16.2. The molecule has 5 nitrogen and oxygen atoms in total. The lowest BCUT2D eigenvalue weighted by atomic mass is 10.6. The van der Waals surface area contributed by atoms with Gasteiger partial charge in [0, 0.05) is 18.9 Å². The van der Waals surface area contributed by atoms with Crippen molar-refractivity contribution in [3.8, 4) is 0 Å². The SMILES string of the molecule is C=CCNC(N)=O.c1cncnc1. The molecule has 0 spiro atoms. The van der Waals surface area contributed by atoms with Gasteiger partial charge in [-0.25, -0.2) is 14.8 Å². The number of primary amides is 1. The standard InChI is InChI=1S/C4H8N2O.C4H4N2/c1-2-3-6-4(5)7;1-2-5-4-6-3-1/h2H,1,3H2,(H3,5,6,7);1-4H. The van der Waals surface area contributed by atoms with E-state index in [0.29, 0.717) is 6.54 Å². The van der Waals surface area contributed by atoms with E-state index in [9.17, 15) is 4.79 Å². The normalized spacial score (nSPS) is 7.69. The number of rotatable bonds is 2. The lowest BCUT2D eigenvalue weighted by Gasteiger charge is -1.90. The molecule has 1 aromatic rings. The highest BCUT2D eigenvalue weighted by Gasteiger charge is 1.81. The molecule has 70 valence electrons. The molecule has 0 bridgehead atoms. The van der Waals surface area contributed by atoms with E-state index in [1.165, 1.54) is 6.33 Å². The van der Waals surface area contributed by atoms with Crippen LogP contribution in [0.25, 0.3) is 0 Å². The molecule has 2 amide bonds. The summed E-state index contributed by atoms with van der Waals surface area (Å²) in [6.07, 6.45) is 6.44. The van der Waals surface area contributed by atoms with Gasteiger partial charge in [-0.2, -0.15) is 0 Å². The summed E-state index contributed by atoms with van der Waals surface area (Å²) in [7, 11) is 0. The highest BCUT2D eigenvalue weighted by molar-refractivity contribution is 5.71. The van der Waals surface area contributed by atoms with Gasteiger partial charge in [-0.3, -0.25) is 0 Å². The molecule has 13 heavy (non-hydrogen) atoms. The molecular weight excluding hydrogens is 168 g/mol. The predicted molar refractivity (Wildman–Crippen MR) is 49.8 cm³/mol. The van der Waals surface area contributed by atoms with Gasteiger partial charge in [0.2, 0.25) is 0 Å². The summed E-state index contributed by atoms with van der Waals surface area (Å²) in [4.78, 5) is 17.2. The molecule has 0 aromatic carbocycles. The van der Waals surface area contributed by atoms with Gasteiger partial charge >= 0.3 is 6.03 Å². The number of hydrogen-bond donors (Lipinski definition) is 2. The first-order valence-corrected chi connectivity index (χ1v) is 3.61. The van der Waals surface area contributed by atoms with Crippen molar-refractivity contribution in [1.82, 2.24) is 15.3 Å². The fourth-order valence-corrected chi connectivity index (χ4v) is 0.426. The second-order valence-electron chi connectivity index (χ2n) is 1.94. The van der Waals surface area contributed by atoms with Crippen molar-refractivity contribution in [1.29, 1.82) is 0 Å². The summed E-state index contributed by atoms with van der Waals surface area (Å²) >= 11 is 0. The number of carbonyl (C=O) groups is 1. The monoisotopic (exact) mass is 180 g/mol. The van der Waals surface area contributed by atoms with Crippen molar-refractivity contribution in [2.24, 2.45) is 5.73 Å². The molecule has 1 heterocycles. The number of hydrogen-bond acceptors (Lipinski definition) is 3. The molecule has 0 unspecified atom stereocenters. The first kappa shape index (κ1) is 11.1. The third-order valence-corrected chi connectivity index (χ3v) is 0.898. The second kappa shape index (κ2) is 8.19. The van der Waals surface area contributed by atoms with Crippen molar-refractivity contribution in [3.05, 3.63) is 37.4 Å². The molecule has 0 saturated carbocycles. The predicted octanol–water partition coefficient (Wildman–Crippen LogP) is 0.317. The Labute approximate surface area is 76.7 Å². The third kappa shape index (κ3) is 10.1.